The number of carbonyl (C=O) groups excluding carboxylic acids is 1. The van der Waals surface area contributed by atoms with E-state index in [4.69, 9.17) is 18.9 Å². The first-order valence-corrected chi connectivity index (χ1v) is 20.5. The van der Waals surface area contributed by atoms with Crippen LogP contribution in [0.2, 0.25) is 0 Å². The summed E-state index contributed by atoms with van der Waals surface area (Å²) in [7, 11) is 0. The van der Waals surface area contributed by atoms with E-state index in [0.29, 0.717) is 24.5 Å². The van der Waals surface area contributed by atoms with Gasteiger partial charge in [-0.2, -0.15) is 0 Å². The molecular weight excluding hydrogens is 707 g/mol. The van der Waals surface area contributed by atoms with Crippen molar-refractivity contribution in [1.29, 1.82) is 0 Å². The molecule has 6 aromatic carbocycles. The lowest BCUT2D eigenvalue weighted by Gasteiger charge is -2.37. The Labute approximate surface area is 336 Å². The van der Waals surface area contributed by atoms with Crippen molar-refractivity contribution >= 4 is 28.5 Å². The Hall–Kier alpha value is -6.01. The molecule has 0 radical (unpaired) electrons. The Morgan fingerprint density at radius 2 is 1.35 bits per heavy atom. The zero-order valence-electron chi connectivity index (χ0n) is 33.0. The van der Waals surface area contributed by atoms with E-state index >= 15 is 0 Å². The zero-order chi connectivity index (χ0) is 39.0. The highest BCUT2D eigenvalue weighted by Crippen LogP contribution is 2.47. The molecule has 0 amide bonds. The number of esters is 1. The van der Waals surface area contributed by atoms with E-state index in [0.717, 1.165) is 82.4 Å². The van der Waals surface area contributed by atoms with Crippen molar-refractivity contribution in [2.75, 3.05) is 37.8 Å². The summed E-state index contributed by atoms with van der Waals surface area (Å²) in [6.07, 6.45) is 10.9. The number of rotatable bonds is 14. The summed E-state index contributed by atoms with van der Waals surface area (Å²) in [4.78, 5) is 16.0. The van der Waals surface area contributed by atoms with Crippen molar-refractivity contribution in [1.82, 2.24) is 0 Å². The normalized spacial score (nSPS) is 16.1. The van der Waals surface area contributed by atoms with Crippen molar-refractivity contribution in [2.45, 2.75) is 58.0 Å². The van der Waals surface area contributed by atoms with Gasteiger partial charge in [0.2, 0.25) is 0 Å². The average molecular weight is 758 g/mol. The fraction of sp³-hybridized carbons (Fsp3) is 0.275. The van der Waals surface area contributed by atoms with Gasteiger partial charge in [0.15, 0.2) is 5.60 Å². The Morgan fingerprint density at radius 3 is 2.04 bits per heavy atom. The van der Waals surface area contributed by atoms with Crippen molar-refractivity contribution in [2.24, 2.45) is 0 Å². The Kier molecular flexibility index (Phi) is 11.6. The fourth-order valence-corrected chi connectivity index (χ4v) is 7.99. The van der Waals surface area contributed by atoms with Gasteiger partial charge < -0.3 is 23.8 Å². The van der Waals surface area contributed by atoms with Crippen molar-refractivity contribution < 1.29 is 23.7 Å². The lowest BCUT2D eigenvalue weighted by atomic mass is 9.82. The van der Waals surface area contributed by atoms with Gasteiger partial charge in [0, 0.05) is 40.9 Å². The van der Waals surface area contributed by atoms with Gasteiger partial charge in [-0.1, -0.05) is 84.4 Å². The molecule has 1 unspecified atom stereocenters. The van der Waals surface area contributed by atoms with Gasteiger partial charge >= 0.3 is 5.97 Å². The molecule has 57 heavy (non-hydrogen) atoms. The zero-order valence-corrected chi connectivity index (χ0v) is 33.0. The molecule has 0 spiro atoms. The van der Waals surface area contributed by atoms with E-state index in [-0.39, 0.29) is 12.6 Å². The minimum atomic E-state index is -0.904. The first-order chi connectivity index (χ1) is 28.0. The van der Waals surface area contributed by atoms with Gasteiger partial charge in [-0.05, 0) is 130 Å². The van der Waals surface area contributed by atoms with Gasteiger partial charge in [0.1, 0.15) is 17.2 Å². The summed E-state index contributed by atoms with van der Waals surface area (Å²) in [5.74, 6) is 2.06. The standard InChI is InChI=1S/C51H51NO5/c1-3-54-50(53)48-36-40-35-39(38-17-26-45(27-18-38)56-34-12-6-11-33-55-44-24-15-37(2)16-25-44)19-28-46(40)49-47(48)29-30-51(57-49,41-13-7-4-8-14-41)42-20-22-43(23-21-42)52-31-9-5-10-32-52/h4,7-8,13-30,35-36H,3,5-6,9-12,31-34H2,1-2H3. The van der Waals surface area contributed by atoms with Crippen LogP contribution in [0.5, 0.6) is 17.2 Å². The summed E-state index contributed by atoms with van der Waals surface area (Å²) >= 11 is 0. The number of unbranched alkanes of at least 4 members (excludes halogenated alkanes) is 2. The number of nitrogens with zero attached hydrogens (tertiary/aromatic N) is 1. The maximum atomic E-state index is 13.5. The van der Waals surface area contributed by atoms with E-state index in [1.54, 1.807) is 0 Å². The second-order valence-electron chi connectivity index (χ2n) is 15.0. The van der Waals surface area contributed by atoms with E-state index in [9.17, 15) is 4.79 Å². The second-order valence-corrected chi connectivity index (χ2v) is 15.0. The molecule has 0 bridgehead atoms. The van der Waals surface area contributed by atoms with Crippen LogP contribution >= 0.6 is 0 Å². The molecule has 2 aliphatic rings. The van der Waals surface area contributed by atoms with Crippen LogP contribution in [0.1, 0.15) is 78.1 Å². The number of piperidine rings is 1. The average Bonchev–Trinajstić information content (AvgIpc) is 3.27. The molecular formula is C51H51NO5. The molecule has 1 fully saturated rings. The lowest BCUT2D eigenvalue weighted by molar-refractivity contribution is 0.0524. The molecule has 2 aliphatic heterocycles. The molecule has 1 saturated heterocycles. The Bertz CT molecular complexity index is 2310. The number of hydrogen-bond donors (Lipinski definition) is 0. The second kappa shape index (κ2) is 17.4. The molecule has 8 rings (SSSR count). The van der Waals surface area contributed by atoms with Gasteiger partial charge in [0.25, 0.3) is 0 Å². The van der Waals surface area contributed by atoms with Crippen LogP contribution in [-0.2, 0) is 10.3 Å². The van der Waals surface area contributed by atoms with Gasteiger partial charge in [-0.25, -0.2) is 4.79 Å². The minimum absolute atomic E-state index is 0.282. The van der Waals surface area contributed by atoms with E-state index in [1.807, 2.05) is 61.5 Å². The maximum absolute atomic E-state index is 13.5. The highest BCUT2D eigenvalue weighted by Gasteiger charge is 2.39. The first-order valence-electron chi connectivity index (χ1n) is 20.5. The van der Waals surface area contributed by atoms with Crippen LogP contribution in [0.25, 0.3) is 28.0 Å². The third-order valence-electron chi connectivity index (χ3n) is 11.1. The number of anilines is 1. The summed E-state index contributed by atoms with van der Waals surface area (Å²) < 4.78 is 24.8. The molecule has 0 aromatic heterocycles. The number of hydrogen-bond acceptors (Lipinski definition) is 6. The summed E-state index contributed by atoms with van der Waals surface area (Å²) in [6.45, 7) is 7.73. The lowest BCUT2D eigenvalue weighted by Crippen LogP contribution is -2.35. The van der Waals surface area contributed by atoms with Crippen LogP contribution in [0, 0.1) is 6.92 Å². The van der Waals surface area contributed by atoms with Gasteiger partial charge in [-0.15, -0.1) is 0 Å². The van der Waals surface area contributed by atoms with Crippen LogP contribution in [0.4, 0.5) is 5.69 Å². The molecule has 0 aliphatic carbocycles. The van der Waals surface area contributed by atoms with E-state index < -0.39 is 5.60 Å². The largest absolute Gasteiger partial charge is 0.494 e. The number of fused-ring (bicyclic) bond motifs is 3. The number of benzene rings is 6. The highest BCUT2D eigenvalue weighted by atomic mass is 16.5. The van der Waals surface area contributed by atoms with Crippen LogP contribution in [0.15, 0.2) is 133 Å². The molecule has 2 heterocycles. The summed E-state index contributed by atoms with van der Waals surface area (Å²) in [6, 6.07) is 43.9. The van der Waals surface area contributed by atoms with E-state index in [2.05, 4.69) is 96.8 Å². The smallest absolute Gasteiger partial charge is 0.338 e. The van der Waals surface area contributed by atoms with Crippen molar-refractivity contribution in [3.63, 3.8) is 0 Å². The monoisotopic (exact) mass is 757 g/mol. The topological polar surface area (TPSA) is 57.2 Å². The molecule has 0 saturated carbocycles. The molecule has 1 atom stereocenters. The van der Waals surface area contributed by atoms with Crippen molar-refractivity contribution in [3.8, 4) is 28.4 Å². The van der Waals surface area contributed by atoms with E-state index in [1.165, 1.54) is 30.5 Å². The molecule has 6 nitrogen and oxygen atoms in total. The molecule has 290 valence electrons. The number of aryl methyl sites for hydroxylation is 1. The minimum Gasteiger partial charge on any atom is -0.494 e. The summed E-state index contributed by atoms with van der Waals surface area (Å²) in [5, 5.41) is 1.83. The van der Waals surface area contributed by atoms with Crippen LogP contribution in [-0.4, -0.2) is 38.9 Å². The van der Waals surface area contributed by atoms with Gasteiger partial charge in [-0.3, -0.25) is 0 Å². The predicted octanol–water partition coefficient (Wildman–Crippen LogP) is 12.0. The maximum Gasteiger partial charge on any atom is 0.338 e. The Balaban J connectivity index is 1.03. The first kappa shape index (κ1) is 37.9. The third-order valence-corrected chi connectivity index (χ3v) is 11.1. The fourth-order valence-electron chi connectivity index (χ4n) is 7.99. The number of carbonyl (C=O) groups is 1. The quantitative estimate of drug-likeness (QED) is 0.0815. The van der Waals surface area contributed by atoms with Crippen LogP contribution in [0.3, 0.4) is 0 Å². The number of ether oxygens (including phenoxy) is 4. The molecule has 6 aromatic rings. The third kappa shape index (κ3) is 8.41. The molecule has 6 heteroatoms. The predicted molar refractivity (Wildman–Crippen MR) is 231 cm³/mol. The van der Waals surface area contributed by atoms with Crippen molar-refractivity contribution in [3.05, 3.63) is 161 Å². The highest BCUT2D eigenvalue weighted by molar-refractivity contribution is 6.05. The SMILES string of the molecule is CCOC(=O)c1cc2cc(-c3ccc(OCCCCCOc4ccc(C)cc4)cc3)ccc2c2c1C=CC(c1ccccc1)(c1ccc(N3CCCCC3)cc1)O2. The Morgan fingerprint density at radius 1 is 0.702 bits per heavy atom. The van der Waals surface area contributed by atoms with Gasteiger partial charge in [0.05, 0.1) is 25.4 Å². The molecule has 0 N–H and O–H groups in total. The van der Waals surface area contributed by atoms with Crippen LogP contribution < -0.4 is 19.1 Å². The summed E-state index contributed by atoms with van der Waals surface area (Å²) in [5.41, 5.74) is 6.91.